The van der Waals surface area contributed by atoms with Crippen LogP contribution in [0, 0.1) is 0 Å². The van der Waals surface area contributed by atoms with Crippen molar-refractivity contribution in [3.05, 3.63) is 71.1 Å². The molecule has 3 aromatic rings. The molecule has 0 aliphatic carbocycles. The van der Waals surface area contributed by atoms with Crippen molar-refractivity contribution in [3.8, 4) is 5.75 Å². The first-order valence-electron chi connectivity index (χ1n) is 9.87. The zero-order chi connectivity index (χ0) is 24.3. The molecule has 8 nitrogen and oxygen atoms in total. The number of rotatable bonds is 7. The molecule has 2 aromatic carbocycles. The zero-order valence-electron chi connectivity index (χ0n) is 17.7. The number of carbonyl (C=O) groups excluding carboxylic acids is 2. The monoisotopic (exact) mass is 535 g/mol. The number of sulfonamides is 1. The molecule has 2 heterocycles. The summed E-state index contributed by atoms with van der Waals surface area (Å²) in [7, 11) is -2.58. The van der Waals surface area contributed by atoms with E-state index in [9.17, 15) is 18.0 Å². The topological polar surface area (TPSA) is 105 Å². The molecule has 2 amide bonds. The molecule has 1 fully saturated rings. The lowest BCUT2D eigenvalue weighted by atomic mass is 10.2. The first-order valence-corrected chi connectivity index (χ1v) is 13.4. The van der Waals surface area contributed by atoms with Gasteiger partial charge in [-0.1, -0.05) is 47.6 Å². The summed E-state index contributed by atoms with van der Waals surface area (Å²) in [4.78, 5) is 27.1. The summed E-state index contributed by atoms with van der Waals surface area (Å²) in [6, 6.07) is 18.2. The Morgan fingerprint density at radius 1 is 1.15 bits per heavy atom. The summed E-state index contributed by atoms with van der Waals surface area (Å²) < 4.78 is 35.0. The van der Waals surface area contributed by atoms with Gasteiger partial charge in [0.15, 0.2) is 5.17 Å². The lowest BCUT2D eigenvalue weighted by Crippen LogP contribution is -2.33. The van der Waals surface area contributed by atoms with Gasteiger partial charge in [0.2, 0.25) is 11.8 Å². The molecule has 1 saturated heterocycles. The first kappa shape index (κ1) is 24.3. The van der Waals surface area contributed by atoms with Gasteiger partial charge in [0.05, 0.1) is 17.1 Å². The van der Waals surface area contributed by atoms with Crippen LogP contribution in [0.2, 0.25) is 4.34 Å². The zero-order valence-corrected chi connectivity index (χ0v) is 20.9. The fourth-order valence-corrected chi connectivity index (χ4v) is 6.94. The van der Waals surface area contributed by atoms with Gasteiger partial charge < -0.3 is 10.1 Å². The number of ether oxygens (including phenoxy) is 1. The van der Waals surface area contributed by atoms with Crippen LogP contribution in [0.15, 0.2) is 75.3 Å². The van der Waals surface area contributed by atoms with E-state index < -0.39 is 27.1 Å². The third kappa shape index (κ3) is 5.44. The molecule has 1 aliphatic heterocycles. The van der Waals surface area contributed by atoms with Gasteiger partial charge in [-0.3, -0.25) is 14.5 Å². The van der Waals surface area contributed by atoms with Gasteiger partial charge in [-0.05, 0) is 36.4 Å². The number of methoxy groups -OCH3 is 1. The number of amidine groups is 1. The van der Waals surface area contributed by atoms with E-state index in [1.165, 1.54) is 24.1 Å². The van der Waals surface area contributed by atoms with Crippen LogP contribution in [-0.4, -0.2) is 37.8 Å². The van der Waals surface area contributed by atoms with Gasteiger partial charge in [-0.15, -0.1) is 15.7 Å². The van der Waals surface area contributed by atoms with Crippen molar-refractivity contribution < 1.29 is 22.7 Å². The van der Waals surface area contributed by atoms with E-state index >= 15 is 0 Å². The lowest BCUT2D eigenvalue weighted by Gasteiger charge is -2.16. The molecule has 0 bridgehead atoms. The molecule has 0 radical (unpaired) electrons. The van der Waals surface area contributed by atoms with E-state index in [0.29, 0.717) is 21.5 Å². The molecule has 0 saturated carbocycles. The highest BCUT2D eigenvalue weighted by Gasteiger charge is 2.41. The Balaban J connectivity index is 1.60. The molecule has 34 heavy (non-hydrogen) atoms. The van der Waals surface area contributed by atoms with Gasteiger partial charge in [0.25, 0.3) is 10.0 Å². The number of carbonyl (C=O) groups is 2. The number of benzene rings is 2. The number of halogens is 1. The van der Waals surface area contributed by atoms with Crippen molar-refractivity contribution in [3.63, 3.8) is 0 Å². The Morgan fingerprint density at radius 2 is 1.91 bits per heavy atom. The van der Waals surface area contributed by atoms with Crippen LogP contribution in [0.1, 0.15) is 6.42 Å². The normalized spacial score (nSPS) is 17.2. The lowest BCUT2D eigenvalue weighted by molar-refractivity contribution is -0.121. The molecule has 1 unspecified atom stereocenters. The number of nitrogens with zero attached hydrogens (tertiary/aromatic N) is 2. The number of para-hydroxylation sites is 1. The highest BCUT2D eigenvalue weighted by molar-refractivity contribution is 8.16. The van der Waals surface area contributed by atoms with E-state index in [4.69, 9.17) is 16.3 Å². The van der Waals surface area contributed by atoms with Crippen LogP contribution in [0.3, 0.4) is 0 Å². The van der Waals surface area contributed by atoms with E-state index in [-0.39, 0.29) is 15.8 Å². The fourth-order valence-electron chi connectivity index (χ4n) is 3.14. The maximum atomic E-state index is 13.2. The Hall–Kier alpha value is -2.86. The molecule has 1 aromatic heterocycles. The predicted molar refractivity (Wildman–Crippen MR) is 135 cm³/mol. The predicted octanol–water partition coefficient (Wildman–Crippen LogP) is 4.63. The summed E-state index contributed by atoms with van der Waals surface area (Å²) in [5, 5.41) is 1.85. The second-order valence-corrected chi connectivity index (χ2v) is 11.7. The highest BCUT2D eigenvalue weighted by Crippen LogP contribution is 2.36. The maximum Gasteiger partial charge on any atom is 0.294 e. The molecule has 12 heteroatoms. The number of thiophene rings is 1. The summed E-state index contributed by atoms with van der Waals surface area (Å²) in [6.07, 6.45) is -0.173. The van der Waals surface area contributed by atoms with Gasteiger partial charge >= 0.3 is 0 Å². The van der Waals surface area contributed by atoms with Gasteiger partial charge in [0.1, 0.15) is 15.2 Å². The molecule has 1 atom stereocenters. The Labute approximate surface area is 209 Å². The van der Waals surface area contributed by atoms with Crippen LogP contribution >= 0.6 is 34.7 Å². The number of thioether (sulfide) groups is 1. The van der Waals surface area contributed by atoms with Gasteiger partial charge in [0, 0.05) is 18.2 Å². The number of hydrogen-bond donors (Lipinski definition) is 1. The second-order valence-electron chi connectivity index (χ2n) is 7.01. The van der Waals surface area contributed by atoms with Gasteiger partial charge in [-0.2, -0.15) is 8.42 Å². The molecular formula is C22H18ClN3O5S3. The van der Waals surface area contributed by atoms with E-state index in [1.807, 2.05) is 0 Å². The van der Waals surface area contributed by atoms with Crippen molar-refractivity contribution in [2.75, 3.05) is 17.3 Å². The molecule has 0 spiro atoms. The smallest absolute Gasteiger partial charge is 0.294 e. The average molecular weight is 536 g/mol. The van der Waals surface area contributed by atoms with E-state index in [2.05, 4.69) is 9.71 Å². The largest absolute Gasteiger partial charge is 0.497 e. The molecule has 176 valence electrons. The van der Waals surface area contributed by atoms with Gasteiger partial charge in [-0.25, -0.2) is 0 Å². The average Bonchev–Trinajstić information content (AvgIpc) is 3.38. The maximum absolute atomic E-state index is 13.2. The second kappa shape index (κ2) is 10.2. The quantitative estimate of drug-likeness (QED) is 0.473. The third-order valence-electron chi connectivity index (χ3n) is 4.67. The summed E-state index contributed by atoms with van der Waals surface area (Å²) in [5.74, 6) is -0.260. The molecule has 1 aliphatic rings. The first-order chi connectivity index (χ1) is 16.3. The van der Waals surface area contributed by atoms with Crippen molar-refractivity contribution in [1.82, 2.24) is 0 Å². The van der Waals surface area contributed by atoms with Crippen LogP contribution < -0.4 is 15.0 Å². The third-order valence-corrected chi connectivity index (χ3v) is 8.89. The summed E-state index contributed by atoms with van der Waals surface area (Å²) in [6.45, 7) is 0. The number of nitrogens with one attached hydrogen (secondary N) is 1. The number of anilines is 2. The molecule has 4 rings (SSSR count). The highest BCUT2D eigenvalue weighted by atomic mass is 35.5. The van der Waals surface area contributed by atoms with E-state index in [1.54, 1.807) is 54.6 Å². The summed E-state index contributed by atoms with van der Waals surface area (Å²) >= 11 is 7.69. The van der Waals surface area contributed by atoms with Crippen LogP contribution in [0.5, 0.6) is 5.75 Å². The van der Waals surface area contributed by atoms with Crippen molar-refractivity contribution in [2.45, 2.75) is 15.9 Å². The van der Waals surface area contributed by atoms with Crippen LogP contribution in [-0.2, 0) is 19.6 Å². The minimum atomic E-state index is -4.10. The van der Waals surface area contributed by atoms with Crippen molar-refractivity contribution in [1.29, 1.82) is 0 Å². The Morgan fingerprint density at radius 3 is 2.59 bits per heavy atom. The molecular weight excluding hydrogens is 518 g/mol. The van der Waals surface area contributed by atoms with Crippen molar-refractivity contribution >= 4 is 73.1 Å². The minimum Gasteiger partial charge on any atom is -0.497 e. The summed E-state index contributed by atoms with van der Waals surface area (Å²) in [5.41, 5.74) is 0.972. The van der Waals surface area contributed by atoms with E-state index in [0.717, 1.165) is 23.1 Å². The number of hydrogen-bond acceptors (Lipinski definition) is 7. The van der Waals surface area contributed by atoms with Crippen LogP contribution in [0.4, 0.5) is 11.4 Å². The SMILES string of the molecule is COc1cccc(NC(=O)CC2SC(=NS(=O)(=O)c3ccc(Cl)s3)N(c3ccccc3)C2=O)c1. The molecule has 1 N–H and O–H groups in total. The van der Waals surface area contributed by atoms with Crippen LogP contribution in [0.25, 0.3) is 0 Å². The standard InChI is InChI=1S/C22H18ClN3O5S3/c1-31-16-9-5-6-14(12-16)24-19(27)13-17-21(28)26(15-7-3-2-4-8-15)22(32-17)25-34(29,30)20-11-10-18(23)33-20/h2-12,17H,13H2,1H3,(H,24,27). The number of amides is 2. The fraction of sp³-hybridized carbons (Fsp3) is 0.136. The minimum absolute atomic E-state index is 0.0279. The van der Waals surface area contributed by atoms with Crippen molar-refractivity contribution in [2.24, 2.45) is 4.40 Å². The Kier molecular flexibility index (Phi) is 7.27. The Bertz CT molecular complexity index is 1360.